The van der Waals surface area contributed by atoms with E-state index in [-0.39, 0.29) is 24.8 Å². The number of rotatable bonds is 6. The van der Waals surface area contributed by atoms with Crippen LogP contribution in [0.3, 0.4) is 0 Å². The smallest absolute Gasteiger partial charge is 0.422 e. The monoisotopic (exact) mass is 348 g/mol. The molecule has 0 aliphatic carbocycles. The van der Waals surface area contributed by atoms with E-state index in [2.05, 4.69) is 15.0 Å². The average molecular weight is 348 g/mol. The van der Waals surface area contributed by atoms with E-state index in [1.165, 1.54) is 12.3 Å². The molecule has 1 aliphatic heterocycles. The van der Waals surface area contributed by atoms with Gasteiger partial charge in [-0.15, -0.1) is 0 Å². The summed E-state index contributed by atoms with van der Waals surface area (Å²) < 4.78 is 46.0. The Labute approximate surface area is 137 Å². The van der Waals surface area contributed by atoms with Crippen molar-refractivity contribution in [1.82, 2.24) is 10.3 Å². The molecule has 1 aromatic heterocycles. The first kappa shape index (κ1) is 18.5. The maximum atomic E-state index is 12.1. The molecule has 2 rings (SSSR count). The Bertz CT molecular complexity index is 560. The highest BCUT2D eigenvalue weighted by molar-refractivity contribution is 5.77. The van der Waals surface area contributed by atoms with Gasteiger partial charge in [0.05, 0.1) is 12.0 Å². The van der Waals surface area contributed by atoms with Gasteiger partial charge < -0.3 is 19.9 Å². The maximum absolute atomic E-state index is 12.1. The second kappa shape index (κ2) is 7.80. The summed E-state index contributed by atoms with van der Waals surface area (Å²) in [5.41, 5.74) is -0.517. The molecule has 1 fully saturated rings. The fourth-order valence-corrected chi connectivity index (χ4v) is 2.29. The Morgan fingerprint density at radius 2 is 2.12 bits per heavy atom. The van der Waals surface area contributed by atoms with E-state index in [1.54, 1.807) is 6.07 Å². The first-order valence-corrected chi connectivity index (χ1v) is 7.47. The van der Waals surface area contributed by atoms with E-state index in [0.29, 0.717) is 31.6 Å². The lowest BCUT2D eigenvalue weighted by Crippen LogP contribution is -2.41. The topological polar surface area (TPSA) is 80.7 Å². The van der Waals surface area contributed by atoms with E-state index in [1.807, 2.05) is 0 Å². The van der Waals surface area contributed by atoms with Crippen molar-refractivity contribution in [2.75, 3.05) is 19.8 Å². The average Bonchev–Trinajstić information content (AvgIpc) is 2.51. The molecule has 0 unspecified atom stereocenters. The number of hydrogen-bond donors (Lipinski definition) is 2. The summed E-state index contributed by atoms with van der Waals surface area (Å²) in [5, 5.41) is 12.9. The second-order valence-electron chi connectivity index (χ2n) is 5.70. The number of carbonyl (C=O) groups excluding carboxylic acids is 1. The molecule has 134 valence electrons. The third-order valence-electron chi connectivity index (χ3n) is 3.59. The predicted octanol–water partition coefficient (Wildman–Crippen LogP) is 1.57. The van der Waals surface area contributed by atoms with Crippen molar-refractivity contribution in [2.24, 2.45) is 0 Å². The lowest BCUT2D eigenvalue weighted by atomic mass is 9.90. The van der Waals surface area contributed by atoms with Gasteiger partial charge in [-0.2, -0.15) is 13.2 Å². The molecule has 1 saturated heterocycles. The Balaban J connectivity index is 1.82. The normalized spacial score (nSPS) is 17.3. The van der Waals surface area contributed by atoms with Gasteiger partial charge in [0.15, 0.2) is 6.61 Å². The van der Waals surface area contributed by atoms with Gasteiger partial charge in [-0.05, 0) is 11.6 Å². The molecule has 0 saturated carbocycles. The van der Waals surface area contributed by atoms with Crippen LogP contribution in [-0.2, 0) is 16.1 Å². The lowest BCUT2D eigenvalue weighted by molar-refractivity contribution is -0.154. The van der Waals surface area contributed by atoms with Crippen molar-refractivity contribution in [3.05, 3.63) is 23.9 Å². The highest BCUT2D eigenvalue weighted by Crippen LogP contribution is 2.24. The summed E-state index contributed by atoms with van der Waals surface area (Å²) in [6.45, 7) is -0.497. The van der Waals surface area contributed by atoms with Crippen LogP contribution in [0.25, 0.3) is 0 Å². The minimum absolute atomic E-state index is 0.0428. The molecule has 1 aromatic rings. The van der Waals surface area contributed by atoms with Crippen LogP contribution in [0.2, 0.25) is 0 Å². The molecule has 24 heavy (non-hydrogen) atoms. The summed E-state index contributed by atoms with van der Waals surface area (Å²) in [6.07, 6.45) is -2.39. The largest absolute Gasteiger partial charge is 0.468 e. The molecule has 2 N–H and O–H groups in total. The van der Waals surface area contributed by atoms with E-state index >= 15 is 0 Å². The van der Waals surface area contributed by atoms with Crippen LogP contribution in [0.15, 0.2) is 18.3 Å². The number of aromatic nitrogens is 1. The summed E-state index contributed by atoms with van der Waals surface area (Å²) >= 11 is 0. The minimum Gasteiger partial charge on any atom is -0.468 e. The molecule has 9 heteroatoms. The molecule has 2 heterocycles. The number of amides is 1. The molecule has 0 aromatic carbocycles. The number of aliphatic hydroxyl groups is 1. The van der Waals surface area contributed by atoms with Crippen molar-refractivity contribution in [2.45, 2.75) is 37.6 Å². The predicted molar refractivity (Wildman–Crippen MR) is 77.3 cm³/mol. The molecule has 6 nitrogen and oxygen atoms in total. The van der Waals surface area contributed by atoms with Gasteiger partial charge in [-0.1, -0.05) is 0 Å². The van der Waals surface area contributed by atoms with E-state index in [0.717, 1.165) is 0 Å². The zero-order valence-corrected chi connectivity index (χ0v) is 12.9. The first-order valence-electron chi connectivity index (χ1n) is 7.47. The summed E-state index contributed by atoms with van der Waals surface area (Å²) in [5.74, 6) is -0.504. The quantitative estimate of drug-likeness (QED) is 0.816. The Kier molecular flexibility index (Phi) is 6.00. The second-order valence-corrected chi connectivity index (χ2v) is 5.70. The Morgan fingerprint density at radius 1 is 1.42 bits per heavy atom. The SMILES string of the molecule is O=C(CC1(O)CCOCC1)NCc1ccnc(OCC(F)(F)F)c1. The third-order valence-corrected chi connectivity index (χ3v) is 3.59. The maximum Gasteiger partial charge on any atom is 0.422 e. The van der Waals surface area contributed by atoms with Crippen LogP contribution in [-0.4, -0.2) is 47.6 Å². The van der Waals surface area contributed by atoms with Gasteiger partial charge in [0, 0.05) is 44.9 Å². The van der Waals surface area contributed by atoms with Crippen LogP contribution < -0.4 is 10.1 Å². The zero-order valence-electron chi connectivity index (χ0n) is 12.9. The lowest BCUT2D eigenvalue weighted by Gasteiger charge is -2.31. The van der Waals surface area contributed by atoms with Gasteiger partial charge in [-0.25, -0.2) is 4.98 Å². The number of nitrogens with one attached hydrogen (secondary N) is 1. The Hall–Kier alpha value is -1.87. The minimum atomic E-state index is -4.44. The molecule has 0 bridgehead atoms. The van der Waals surface area contributed by atoms with Gasteiger partial charge in [-0.3, -0.25) is 4.79 Å². The fraction of sp³-hybridized carbons (Fsp3) is 0.600. The molecule has 0 radical (unpaired) electrons. The number of ether oxygens (including phenoxy) is 2. The molecule has 0 spiro atoms. The van der Waals surface area contributed by atoms with Crippen LogP contribution in [0, 0.1) is 0 Å². The summed E-state index contributed by atoms with van der Waals surface area (Å²) in [4.78, 5) is 15.6. The molecular formula is C15H19F3N2O4. The van der Waals surface area contributed by atoms with Gasteiger partial charge in [0.25, 0.3) is 0 Å². The first-order chi connectivity index (χ1) is 11.3. The number of alkyl halides is 3. The molecule has 0 atom stereocenters. The van der Waals surface area contributed by atoms with Crippen LogP contribution >= 0.6 is 0 Å². The van der Waals surface area contributed by atoms with E-state index in [9.17, 15) is 23.1 Å². The van der Waals surface area contributed by atoms with Gasteiger partial charge in [0.2, 0.25) is 11.8 Å². The van der Waals surface area contributed by atoms with E-state index in [4.69, 9.17) is 4.74 Å². The zero-order chi connectivity index (χ0) is 17.6. The van der Waals surface area contributed by atoms with Crippen LogP contribution in [0.1, 0.15) is 24.8 Å². The van der Waals surface area contributed by atoms with Gasteiger partial charge in [0.1, 0.15) is 0 Å². The fourth-order valence-electron chi connectivity index (χ4n) is 2.29. The number of hydrogen-bond acceptors (Lipinski definition) is 5. The summed E-state index contributed by atoms with van der Waals surface area (Å²) in [7, 11) is 0. The summed E-state index contributed by atoms with van der Waals surface area (Å²) in [6, 6.07) is 2.89. The Morgan fingerprint density at radius 3 is 2.79 bits per heavy atom. The van der Waals surface area contributed by atoms with Crippen molar-refractivity contribution in [3.8, 4) is 5.88 Å². The van der Waals surface area contributed by atoms with Crippen molar-refractivity contribution in [1.29, 1.82) is 0 Å². The van der Waals surface area contributed by atoms with Crippen molar-refractivity contribution >= 4 is 5.91 Å². The molecular weight excluding hydrogens is 329 g/mol. The van der Waals surface area contributed by atoms with Crippen LogP contribution in [0.5, 0.6) is 5.88 Å². The highest BCUT2D eigenvalue weighted by atomic mass is 19.4. The number of carbonyl (C=O) groups is 1. The van der Waals surface area contributed by atoms with Gasteiger partial charge >= 0.3 is 6.18 Å². The van der Waals surface area contributed by atoms with Crippen molar-refractivity contribution in [3.63, 3.8) is 0 Å². The third kappa shape index (κ3) is 6.32. The molecule has 1 amide bonds. The molecule has 1 aliphatic rings. The highest BCUT2D eigenvalue weighted by Gasteiger charge is 2.32. The standard InChI is InChI=1S/C15H19F3N2O4/c16-15(17,18)10-24-13-7-11(1-4-19-13)9-20-12(21)8-14(22)2-5-23-6-3-14/h1,4,7,22H,2-3,5-6,8-10H2,(H,20,21). The van der Waals surface area contributed by atoms with E-state index < -0.39 is 18.4 Å². The number of pyridine rings is 1. The number of halogens is 3. The van der Waals surface area contributed by atoms with Crippen molar-refractivity contribution < 1.29 is 32.5 Å². The van der Waals surface area contributed by atoms with Crippen LogP contribution in [0.4, 0.5) is 13.2 Å². The number of nitrogens with zero attached hydrogens (tertiary/aromatic N) is 1.